The number of unbranched alkanes of at least 4 members (excludes halogenated alkanes) is 4. The van der Waals surface area contributed by atoms with E-state index in [0.717, 1.165) is 46.6 Å². The average Bonchev–Trinajstić information content (AvgIpc) is 3.14. The summed E-state index contributed by atoms with van der Waals surface area (Å²) in [4.78, 5) is 48.1. The van der Waals surface area contributed by atoms with Gasteiger partial charge in [-0.25, -0.2) is 14.8 Å². The van der Waals surface area contributed by atoms with Crippen molar-refractivity contribution >= 4 is 17.8 Å². The zero-order valence-corrected chi connectivity index (χ0v) is 31.4. The van der Waals surface area contributed by atoms with Gasteiger partial charge in [0.2, 0.25) is 5.91 Å². The highest BCUT2D eigenvalue weighted by molar-refractivity contribution is 5.98. The molecule has 276 valence electrons. The van der Waals surface area contributed by atoms with Gasteiger partial charge in [0.15, 0.2) is 5.82 Å². The Morgan fingerprint density at radius 1 is 0.769 bits per heavy atom. The molecule has 0 radical (unpaired) electrons. The van der Waals surface area contributed by atoms with Crippen molar-refractivity contribution in [3.8, 4) is 28.3 Å². The molecule has 9 heteroatoms. The van der Waals surface area contributed by atoms with E-state index in [9.17, 15) is 19.5 Å². The Morgan fingerprint density at radius 3 is 1.96 bits per heavy atom. The fourth-order valence-electron chi connectivity index (χ4n) is 5.80. The first-order valence-electron chi connectivity index (χ1n) is 18.5. The van der Waals surface area contributed by atoms with E-state index in [2.05, 4.69) is 48.3 Å². The van der Waals surface area contributed by atoms with Gasteiger partial charge in [0, 0.05) is 35.5 Å². The molecule has 0 aliphatic carbocycles. The minimum absolute atomic E-state index is 0.0762. The third kappa shape index (κ3) is 11.5. The molecule has 3 unspecified atom stereocenters. The second-order valence-electron chi connectivity index (χ2n) is 14.5. The summed E-state index contributed by atoms with van der Waals surface area (Å²) in [7, 11) is 0. The van der Waals surface area contributed by atoms with Crippen LogP contribution in [0.3, 0.4) is 0 Å². The third-order valence-corrected chi connectivity index (χ3v) is 9.42. The predicted molar refractivity (Wildman–Crippen MR) is 206 cm³/mol. The first kappa shape index (κ1) is 39.7. The van der Waals surface area contributed by atoms with Gasteiger partial charge in [0.25, 0.3) is 5.91 Å². The van der Waals surface area contributed by atoms with Crippen molar-refractivity contribution in [3.63, 3.8) is 0 Å². The Balaban J connectivity index is 1.44. The van der Waals surface area contributed by atoms with E-state index in [-0.39, 0.29) is 17.8 Å². The van der Waals surface area contributed by atoms with Crippen LogP contribution in [-0.4, -0.2) is 51.5 Å². The molecule has 3 N–H and O–H groups in total. The number of carboxylic acids is 1. The minimum atomic E-state index is -1.12. The fraction of sp³-hybridized carbons (Fsp3) is 0.419. The zero-order chi connectivity index (χ0) is 37.7. The SMILES string of the molecule is CCCCCCCOc1ccc(-c2cnc(-c3ccc(CC(NC(=O)c4ccc(C(C)(C)C)cc4)C(=O)NC(C(=O)O)C(C)CC)cc3)nc2)cc1. The lowest BCUT2D eigenvalue weighted by molar-refractivity contribution is -0.143. The normalized spacial score (nSPS) is 13.1. The van der Waals surface area contributed by atoms with E-state index >= 15 is 0 Å². The van der Waals surface area contributed by atoms with E-state index in [1.165, 1.54) is 25.7 Å². The van der Waals surface area contributed by atoms with Crippen molar-refractivity contribution in [2.75, 3.05) is 6.61 Å². The number of nitrogens with zero attached hydrogens (tertiary/aromatic N) is 2. The highest BCUT2D eigenvalue weighted by Gasteiger charge is 2.30. The Bertz CT molecular complexity index is 1730. The smallest absolute Gasteiger partial charge is 0.326 e. The van der Waals surface area contributed by atoms with Crippen LogP contribution in [0.15, 0.2) is 85.2 Å². The number of rotatable bonds is 18. The number of carbonyl (C=O) groups excluding carboxylic acids is 2. The molecule has 3 aromatic carbocycles. The second kappa shape index (κ2) is 19.0. The molecule has 1 heterocycles. The quantitative estimate of drug-likeness (QED) is 0.0886. The third-order valence-electron chi connectivity index (χ3n) is 9.42. The van der Waals surface area contributed by atoms with Crippen LogP contribution in [0, 0.1) is 5.92 Å². The lowest BCUT2D eigenvalue weighted by Crippen LogP contribution is -2.54. The molecule has 0 saturated carbocycles. The number of aliphatic carboxylic acids is 1. The maximum absolute atomic E-state index is 13.6. The summed E-state index contributed by atoms with van der Waals surface area (Å²) in [5.41, 5.74) is 4.88. The minimum Gasteiger partial charge on any atom is -0.494 e. The molecule has 0 fully saturated rings. The van der Waals surface area contributed by atoms with Gasteiger partial charge in [-0.3, -0.25) is 9.59 Å². The maximum Gasteiger partial charge on any atom is 0.326 e. The van der Waals surface area contributed by atoms with E-state index in [0.29, 0.717) is 17.8 Å². The fourth-order valence-corrected chi connectivity index (χ4v) is 5.80. The molecule has 0 saturated heterocycles. The number of benzene rings is 3. The summed E-state index contributed by atoms with van der Waals surface area (Å²) in [6, 6.07) is 20.6. The Labute approximate surface area is 308 Å². The molecule has 0 spiro atoms. The molecule has 0 bridgehead atoms. The van der Waals surface area contributed by atoms with Crippen LogP contribution < -0.4 is 15.4 Å². The number of aromatic nitrogens is 2. The highest BCUT2D eigenvalue weighted by Crippen LogP contribution is 2.25. The number of hydrogen-bond donors (Lipinski definition) is 3. The molecule has 4 rings (SSSR count). The largest absolute Gasteiger partial charge is 0.494 e. The predicted octanol–water partition coefficient (Wildman–Crippen LogP) is 8.41. The Hall–Kier alpha value is -5.05. The number of hydrogen-bond acceptors (Lipinski definition) is 6. The topological polar surface area (TPSA) is 131 Å². The van der Waals surface area contributed by atoms with Crippen molar-refractivity contribution in [2.45, 2.75) is 104 Å². The van der Waals surface area contributed by atoms with E-state index in [1.54, 1.807) is 31.5 Å². The average molecular weight is 707 g/mol. The van der Waals surface area contributed by atoms with Crippen LogP contribution in [0.25, 0.3) is 22.5 Å². The molecule has 2 amide bonds. The monoisotopic (exact) mass is 706 g/mol. The van der Waals surface area contributed by atoms with Crippen molar-refractivity contribution in [1.29, 1.82) is 0 Å². The number of nitrogens with one attached hydrogen (secondary N) is 2. The highest BCUT2D eigenvalue weighted by atomic mass is 16.5. The number of amides is 2. The summed E-state index contributed by atoms with van der Waals surface area (Å²) in [6.07, 6.45) is 10.3. The van der Waals surface area contributed by atoms with Gasteiger partial charge in [-0.15, -0.1) is 0 Å². The van der Waals surface area contributed by atoms with Crippen molar-refractivity contribution in [2.24, 2.45) is 5.92 Å². The van der Waals surface area contributed by atoms with Crippen LogP contribution in [0.4, 0.5) is 0 Å². The summed E-state index contributed by atoms with van der Waals surface area (Å²) < 4.78 is 5.90. The number of carboxylic acid groups (broad SMARTS) is 1. The van der Waals surface area contributed by atoms with Crippen molar-refractivity contribution < 1.29 is 24.2 Å². The van der Waals surface area contributed by atoms with Crippen LogP contribution in [0.2, 0.25) is 0 Å². The first-order chi connectivity index (χ1) is 24.9. The summed E-state index contributed by atoms with van der Waals surface area (Å²) >= 11 is 0. The zero-order valence-electron chi connectivity index (χ0n) is 31.4. The van der Waals surface area contributed by atoms with Crippen LogP contribution in [0.5, 0.6) is 5.75 Å². The van der Waals surface area contributed by atoms with Crippen LogP contribution >= 0.6 is 0 Å². The number of carbonyl (C=O) groups is 3. The van der Waals surface area contributed by atoms with Crippen molar-refractivity contribution in [1.82, 2.24) is 20.6 Å². The van der Waals surface area contributed by atoms with E-state index in [4.69, 9.17) is 4.74 Å². The Kier molecular flexibility index (Phi) is 14.5. The van der Waals surface area contributed by atoms with Gasteiger partial charge in [-0.05, 0) is 58.7 Å². The summed E-state index contributed by atoms with van der Waals surface area (Å²) in [6.45, 7) is 12.9. The molecule has 0 aliphatic heterocycles. The van der Waals surface area contributed by atoms with E-state index < -0.39 is 29.9 Å². The molecular formula is C43H54N4O5. The van der Waals surface area contributed by atoms with Gasteiger partial charge in [-0.2, -0.15) is 0 Å². The van der Waals surface area contributed by atoms with Crippen LogP contribution in [0.1, 0.15) is 102 Å². The maximum atomic E-state index is 13.6. The lowest BCUT2D eigenvalue weighted by Gasteiger charge is -2.25. The molecule has 4 aromatic rings. The molecule has 52 heavy (non-hydrogen) atoms. The Morgan fingerprint density at radius 2 is 1.38 bits per heavy atom. The second-order valence-corrected chi connectivity index (χ2v) is 14.5. The molecule has 0 aliphatic rings. The van der Waals surface area contributed by atoms with Gasteiger partial charge < -0.3 is 20.5 Å². The lowest BCUT2D eigenvalue weighted by atomic mass is 9.86. The van der Waals surface area contributed by atoms with Crippen molar-refractivity contribution in [3.05, 3.63) is 102 Å². The summed E-state index contributed by atoms with van der Waals surface area (Å²) in [5.74, 6) is -0.980. The molecule has 9 nitrogen and oxygen atoms in total. The van der Waals surface area contributed by atoms with Gasteiger partial charge in [0.05, 0.1) is 6.61 Å². The molecule has 1 aromatic heterocycles. The van der Waals surface area contributed by atoms with Gasteiger partial charge in [-0.1, -0.05) is 122 Å². The van der Waals surface area contributed by atoms with Crippen LogP contribution in [-0.2, 0) is 21.4 Å². The molecule has 3 atom stereocenters. The summed E-state index contributed by atoms with van der Waals surface area (Å²) in [5, 5.41) is 15.3. The molecular weight excluding hydrogens is 652 g/mol. The first-order valence-corrected chi connectivity index (χ1v) is 18.5. The standard InChI is InChI=1S/C43H54N4O5/c1-7-9-10-11-12-25-52-36-23-19-31(20-24-36)34-27-44-39(45-28-34)32-15-13-30(14-16-32)26-37(41(49)47-38(42(50)51)29(3)8-2)46-40(48)33-17-21-35(22-18-33)43(4,5)6/h13-24,27-29,37-38H,7-12,25-26H2,1-6H3,(H,46,48)(H,47,49)(H,50,51). The number of ether oxygens (including phenoxy) is 1. The van der Waals surface area contributed by atoms with Gasteiger partial charge >= 0.3 is 5.97 Å². The van der Waals surface area contributed by atoms with Gasteiger partial charge in [0.1, 0.15) is 17.8 Å². The van der Waals surface area contributed by atoms with E-state index in [1.807, 2.05) is 67.6 Å².